The Hall–Kier alpha value is -3.40. The highest BCUT2D eigenvalue weighted by molar-refractivity contribution is 7.89. The first-order valence-corrected chi connectivity index (χ1v) is 13.2. The maximum atomic E-state index is 13.0. The smallest absolute Gasteiger partial charge is 0.258 e. The third kappa shape index (κ3) is 6.04. The largest absolute Gasteiger partial charge is 0.493 e. The Morgan fingerprint density at radius 3 is 2.58 bits per heavy atom. The fourth-order valence-corrected chi connectivity index (χ4v) is 5.68. The molecule has 1 aliphatic heterocycles. The summed E-state index contributed by atoms with van der Waals surface area (Å²) in [7, 11) is -2.29. The normalized spacial score (nSPS) is 16.2. The number of nitrogens with zero attached hydrogens (tertiary/aromatic N) is 2. The molecule has 0 saturated carbocycles. The Balaban J connectivity index is 1.39. The molecular formula is C26H26ClN3O5S. The lowest BCUT2D eigenvalue weighted by Gasteiger charge is -2.22. The van der Waals surface area contributed by atoms with Crippen molar-refractivity contribution in [1.82, 2.24) is 9.73 Å². The Morgan fingerprint density at radius 1 is 1.11 bits per heavy atom. The second-order valence-corrected chi connectivity index (χ2v) is 10.5. The van der Waals surface area contributed by atoms with Crippen molar-refractivity contribution in [2.24, 2.45) is 5.10 Å². The van der Waals surface area contributed by atoms with E-state index in [0.717, 1.165) is 5.56 Å². The van der Waals surface area contributed by atoms with Crippen LogP contribution in [0.25, 0.3) is 0 Å². The number of hydrogen-bond donors (Lipinski definition) is 1. The number of ether oxygens (including phenoxy) is 2. The first-order chi connectivity index (χ1) is 17.4. The average molecular weight is 528 g/mol. The lowest BCUT2D eigenvalue weighted by Crippen LogP contribution is -2.44. The number of amides is 1. The standard InChI is InChI=1S/C26H26ClN3O5S/c1-34-25-16-20(9-14-24(25)35-18-19-6-3-2-4-7-19)17-28-29-26(31)23-8-5-15-30(23)36(32,33)22-12-10-21(27)11-13-22/h2-4,6-7,9-14,16-17,23H,5,8,15,18H2,1H3,(H,29,31)/b28-17-/t23-/m0/s1. The Labute approximate surface area is 215 Å². The van der Waals surface area contributed by atoms with Crippen molar-refractivity contribution in [3.8, 4) is 11.5 Å². The van der Waals surface area contributed by atoms with E-state index < -0.39 is 22.0 Å². The van der Waals surface area contributed by atoms with Gasteiger partial charge in [-0.05, 0) is 66.4 Å². The van der Waals surface area contributed by atoms with Crippen molar-refractivity contribution >= 4 is 33.7 Å². The van der Waals surface area contributed by atoms with Gasteiger partial charge in [-0.3, -0.25) is 4.79 Å². The molecule has 3 aromatic rings. The molecule has 1 amide bonds. The number of hydrazone groups is 1. The molecule has 1 fully saturated rings. The van der Waals surface area contributed by atoms with E-state index in [1.54, 1.807) is 25.3 Å². The van der Waals surface area contributed by atoms with Crippen LogP contribution in [0.15, 0.2) is 82.8 Å². The molecule has 3 aromatic carbocycles. The van der Waals surface area contributed by atoms with Crippen molar-refractivity contribution in [2.45, 2.75) is 30.4 Å². The summed E-state index contributed by atoms with van der Waals surface area (Å²) in [6.45, 7) is 0.659. The molecule has 36 heavy (non-hydrogen) atoms. The lowest BCUT2D eigenvalue weighted by molar-refractivity contribution is -0.124. The van der Waals surface area contributed by atoms with Crippen molar-refractivity contribution in [3.63, 3.8) is 0 Å². The number of sulfonamides is 1. The first-order valence-electron chi connectivity index (χ1n) is 11.3. The van der Waals surface area contributed by atoms with Crippen LogP contribution in [0, 0.1) is 0 Å². The minimum Gasteiger partial charge on any atom is -0.493 e. The second-order valence-electron chi connectivity index (χ2n) is 8.15. The van der Waals surface area contributed by atoms with Gasteiger partial charge in [-0.2, -0.15) is 9.41 Å². The quantitative estimate of drug-likeness (QED) is 0.332. The minimum absolute atomic E-state index is 0.0942. The maximum absolute atomic E-state index is 13.0. The molecule has 0 bridgehead atoms. The van der Waals surface area contributed by atoms with E-state index in [4.69, 9.17) is 21.1 Å². The van der Waals surface area contributed by atoms with Crippen molar-refractivity contribution in [2.75, 3.05) is 13.7 Å². The Bertz CT molecular complexity index is 1330. The highest BCUT2D eigenvalue weighted by Crippen LogP contribution is 2.29. The molecule has 188 valence electrons. The van der Waals surface area contributed by atoms with Crippen LogP contribution in [0.2, 0.25) is 5.02 Å². The molecule has 1 N–H and O–H groups in total. The molecule has 4 rings (SSSR count). The van der Waals surface area contributed by atoms with Gasteiger partial charge < -0.3 is 9.47 Å². The molecular weight excluding hydrogens is 502 g/mol. The number of carbonyl (C=O) groups is 1. The van der Waals surface area contributed by atoms with Crippen LogP contribution in [0.5, 0.6) is 11.5 Å². The van der Waals surface area contributed by atoms with Gasteiger partial charge in [0.2, 0.25) is 10.0 Å². The summed E-state index contributed by atoms with van der Waals surface area (Å²) < 4.78 is 38.6. The Morgan fingerprint density at radius 2 is 1.86 bits per heavy atom. The van der Waals surface area contributed by atoms with Gasteiger partial charge in [-0.25, -0.2) is 13.8 Å². The molecule has 1 heterocycles. The monoisotopic (exact) mass is 527 g/mol. The van der Waals surface area contributed by atoms with Gasteiger partial charge in [0.15, 0.2) is 11.5 Å². The summed E-state index contributed by atoms with van der Waals surface area (Å²) in [6, 6.07) is 20.1. The summed E-state index contributed by atoms with van der Waals surface area (Å²) in [5, 5.41) is 4.46. The fraction of sp³-hybridized carbons (Fsp3) is 0.231. The zero-order valence-corrected chi connectivity index (χ0v) is 21.2. The highest BCUT2D eigenvalue weighted by atomic mass is 35.5. The van der Waals surface area contributed by atoms with Crippen LogP contribution in [0.4, 0.5) is 0 Å². The summed E-state index contributed by atoms with van der Waals surface area (Å²) in [6.07, 6.45) is 2.46. The molecule has 0 aromatic heterocycles. The van der Waals surface area contributed by atoms with Gasteiger partial charge in [-0.1, -0.05) is 41.9 Å². The predicted molar refractivity (Wildman–Crippen MR) is 138 cm³/mol. The zero-order chi connectivity index (χ0) is 25.5. The molecule has 1 aliphatic rings. The molecule has 10 heteroatoms. The maximum Gasteiger partial charge on any atom is 0.258 e. The number of rotatable bonds is 9. The topological polar surface area (TPSA) is 97.3 Å². The van der Waals surface area contributed by atoms with E-state index >= 15 is 0 Å². The number of halogens is 1. The summed E-state index contributed by atoms with van der Waals surface area (Å²) in [5.41, 5.74) is 4.18. The van der Waals surface area contributed by atoms with Crippen molar-refractivity contribution in [1.29, 1.82) is 0 Å². The van der Waals surface area contributed by atoms with Crippen molar-refractivity contribution < 1.29 is 22.7 Å². The van der Waals surface area contributed by atoms with Gasteiger partial charge in [0.1, 0.15) is 12.6 Å². The number of benzene rings is 3. The molecule has 0 spiro atoms. The van der Waals surface area contributed by atoms with E-state index in [2.05, 4.69) is 10.5 Å². The number of nitrogens with one attached hydrogen (secondary N) is 1. The average Bonchev–Trinajstić information content (AvgIpc) is 3.40. The van der Waals surface area contributed by atoms with Gasteiger partial charge in [0.25, 0.3) is 5.91 Å². The van der Waals surface area contributed by atoms with Crippen molar-refractivity contribution in [3.05, 3.63) is 88.9 Å². The molecule has 0 unspecified atom stereocenters. The summed E-state index contributed by atoms with van der Waals surface area (Å²) in [5.74, 6) is 0.616. The number of hydrogen-bond acceptors (Lipinski definition) is 6. The van der Waals surface area contributed by atoms with E-state index in [-0.39, 0.29) is 11.4 Å². The van der Waals surface area contributed by atoms with E-state index in [0.29, 0.717) is 41.5 Å². The van der Waals surface area contributed by atoms with Crippen LogP contribution < -0.4 is 14.9 Å². The van der Waals surface area contributed by atoms with Gasteiger partial charge >= 0.3 is 0 Å². The summed E-state index contributed by atoms with van der Waals surface area (Å²) in [4.78, 5) is 12.9. The highest BCUT2D eigenvalue weighted by Gasteiger charge is 2.39. The van der Waals surface area contributed by atoms with Crippen LogP contribution >= 0.6 is 11.6 Å². The summed E-state index contributed by atoms with van der Waals surface area (Å²) >= 11 is 5.87. The number of methoxy groups -OCH3 is 1. The zero-order valence-electron chi connectivity index (χ0n) is 19.6. The third-order valence-corrected chi connectivity index (χ3v) is 7.91. The predicted octanol–water partition coefficient (Wildman–Crippen LogP) is 4.23. The second kappa shape index (κ2) is 11.6. The van der Waals surface area contributed by atoms with E-state index in [9.17, 15) is 13.2 Å². The lowest BCUT2D eigenvalue weighted by atomic mass is 10.2. The Kier molecular flexibility index (Phi) is 8.25. The third-order valence-electron chi connectivity index (χ3n) is 5.74. The van der Waals surface area contributed by atoms with E-state index in [1.165, 1.54) is 34.8 Å². The van der Waals surface area contributed by atoms with Crippen LogP contribution in [-0.4, -0.2) is 44.5 Å². The SMILES string of the molecule is COc1cc(/C=N\NC(=O)[C@@H]2CCCN2S(=O)(=O)c2ccc(Cl)cc2)ccc1OCc1ccccc1. The van der Waals surface area contributed by atoms with Crippen LogP contribution in [0.1, 0.15) is 24.0 Å². The van der Waals surface area contributed by atoms with Gasteiger partial charge in [0.05, 0.1) is 18.2 Å². The first kappa shape index (κ1) is 25.7. The fourth-order valence-electron chi connectivity index (χ4n) is 3.90. The minimum atomic E-state index is -3.83. The molecule has 0 radical (unpaired) electrons. The molecule has 1 saturated heterocycles. The molecule has 8 nitrogen and oxygen atoms in total. The number of carbonyl (C=O) groups excluding carboxylic acids is 1. The van der Waals surface area contributed by atoms with Crippen LogP contribution in [-0.2, 0) is 21.4 Å². The van der Waals surface area contributed by atoms with E-state index in [1.807, 2.05) is 30.3 Å². The van der Waals surface area contributed by atoms with Gasteiger partial charge in [-0.15, -0.1) is 0 Å². The van der Waals surface area contributed by atoms with Gasteiger partial charge in [0, 0.05) is 11.6 Å². The molecule has 1 atom stereocenters. The molecule has 0 aliphatic carbocycles. The van der Waals surface area contributed by atoms with Crippen LogP contribution in [0.3, 0.4) is 0 Å².